The van der Waals surface area contributed by atoms with Gasteiger partial charge < -0.3 is 15.3 Å². The van der Waals surface area contributed by atoms with Gasteiger partial charge in [-0.25, -0.2) is 0 Å². The summed E-state index contributed by atoms with van der Waals surface area (Å²) < 4.78 is 0. The van der Waals surface area contributed by atoms with Gasteiger partial charge in [-0.15, -0.1) is 0 Å². The third-order valence-electron chi connectivity index (χ3n) is 6.25. The first kappa shape index (κ1) is 17.6. The number of aliphatic hydroxyl groups is 1. The summed E-state index contributed by atoms with van der Waals surface area (Å²) in [6, 6.07) is 17.9. The van der Waals surface area contributed by atoms with Gasteiger partial charge in [0.25, 0.3) is 0 Å². The Labute approximate surface area is 157 Å². The van der Waals surface area contributed by atoms with Gasteiger partial charge in [-0.1, -0.05) is 42.5 Å². The zero-order valence-electron chi connectivity index (χ0n) is 15.7. The molecule has 3 nitrogen and oxygen atoms in total. The first-order valence-corrected chi connectivity index (χ1v) is 9.96. The fraction of sp³-hybridized carbons (Fsp3) is 0.478. The largest absolute Gasteiger partial charge is 0.396 e. The Bertz CT molecular complexity index is 733. The topological polar surface area (TPSA) is 35.5 Å². The van der Waals surface area contributed by atoms with Crippen LogP contribution in [0.4, 0.5) is 5.69 Å². The third-order valence-corrected chi connectivity index (χ3v) is 6.25. The van der Waals surface area contributed by atoms with Crippen molar-refractivity contribution in [3.63, 3.8) is 0 Å². The molecule has 0 bridgehead atoms. The molecule has 2 aromatic carbocycles. The molecule has 1 heterocycles. The predicted octanol–water partition coefficient (Wildman–Crippen LogP) is 3.99. The van der Waals surface area contributed by atoms with Gasteiger partial charge in [0.05, 0.1) is 6.61 Å². The Kier molecular flexibility index (Phi) is 5.01. The summed E-state index contributed by atoms with van der Waals surface area (Å²) in [5.74, 6) is 0. The van der Waals surface area contributed by atoms with Gasteiger partial charge >= 0.3 is 0 Å². The van der Waals surface area contributed by atoms with Crippen LogP contribution in [0.2, 0.25) is 0 Å². The molecule has 2 fully saturated rings. The molecule has 1 saturated carbocycles. The van der Waals surface area contributed by atoms with Gasteiger partial charge in [0.2, 0.25) is 0 Å². The van der Waals surface area contributed by atoms with Crippen molar-refractivity contribution in [3.05, 3.63) is 54.1 Å². The van der Waals surface area contributed by atoms with Crippen LogP contribution < -0.4 is 10.2 Å². The zero-order valence-corrected chi connectivity index (χ0v) is 15.7. The highest BCUT2D eigenvalue weighted by Gasteiger charge is 2.44. The number of hydrogen-bond donors (Lipinski definition) is 2. The zero-order chi connectivity index (χ0) is 18.0. The number of rotatable bonds is 6. The van der Waals surface area contributed by atoms with Gasteiger partial charge in [-0.3, -0.25) is 0 Å². The molecule has 0 radical (unpaired) electrons. The second kappa shape index (κ2) is 7.42. The molecular weight excluding hydrogens is 320 g/mol. The summed E-state index contributed by atoms with van der Waals surface area (Å²) in [6.45, 7) is 5.72. The number of hydrogen-bond acceptors (Lipinski definition) is 3. The SMILES string of the molecule is Cc1c(-c2ccccc2)cccc1N(CC1(CO)CC1)C1CCNCC1. The molecule has 0 amide bonds. The average Bonchev–Trinajstić information content (AvgIpc) is 3.48. The van der Waals surface area contributed by atoms with Crippen molar-refractivity contribution in [2.45, 2.75) is 38.6 Å². The van der Waals surface area contributed by atoms with Crippen molar-refractivity contribution >= 4 is 5.69 Å². The summed E-state index contributed by atoms with van der Waals surface area (Å²) in [5.41, 5.74) is 5.42. The van der Waals surface area contributed by atoms with Crippen molar-refractivity contribution < 1.29 is 5.11 Å². The van der Waals surface area contributed by atoms with Crippen LogP contribution in [0.5, 0.6) is 0 Å². The van der Waals surface area contributed by atoms with Crippen LogP contribution in [0.25, 0.3) is 11.1 Å². The van der Waals surface area contributed by atoms with Gasteiger partial charge in [0.1, 0.15) is 0 Å². The third kappa shape index (κ3) is 3.51. The van der Waals surface area contributed by atoms with E-state index in [0.717, 1.165) is 32.5 Å². The van der Waals surface area contributed by atoms with Crippen LogP contribution >= 0.6 is 0 Å². The number of piperidine rings is 1. The summed E-state index contributed by atoms with van der Waals surface area (Å²) in [7, 11) is 0. The lowest BCUT2D eigenvalue weighted by molar-refractivity contribution is 0.210. The standard InChI is InChI=1S/C23H30N2O/c1-18-21(19-6-3-2-4-7-19)8-5-9-22(18)25(16-23(17-26)12-13-23)20-10-14-24-15-11-20/h2-9,20,24,26H,10-17H2,1H3. The fourth-order valence-electron chi connectivity index (χ4n) is 4.30. The highest BCUT2D eigenvalue weighted by Crippen LogP contribution is 2.47. The van der Waals surface area contributed by atoms with Crippen LogP contribution in [-0.2, 0) is 0 Å². The normalized spacial score (nSPS) is 19.3. The summed E-state index contributed by atoms with van der Waals surface area (Å²) >= 11 is 0. The smallest absolute Gasteiger partial charge is 0.0504 e. The molecule has 4 rings (SSSR count). The van der Waals surface area contributed by atoms with E-state index in [4.69, 9.17) is 0 Å². The molecule has 0 aromatic heterocycles. The second-order valence-corrected chi connectivity index (χ2v) is 8.08. The lowest BCUT2D eigenvalue weighted by atomic mass is 9.95. The van der Waals surface area contributed by atoms with Crippen LogP contribution in [0.3, 0.4) is 0 Å². The minimum absolute atomic E-state index is 0.125. The lowest BCUT2D eigenvalue weighted by Crippen LogP contribution is -2.46. The first-order valence-electron chi connectivity index (χ1n) is 9.96. The maximum absolute atomic E-state index is 9.91. The average molecular weight is 351 g/mol. The Morgan fingerprint density at radius 1 is 1.04 bits per heavy atom. The second-order valence-electron chi connectivity index (χ2n) is 8.08. The van der Waals surface area contributed by atoms with E-state index in [9.17, 15) is 5.11 Å². The Morgan fingerprint density at radius 2 is 1.77 bits per heavy atom. The van der Waals surface area contributed by atoms with Gasteiger partial charge in [0.15, 0.2) is 0 Å². The van der Waals surface area contributed by atoms with E-state index in [-0.39, 0.29) is 5.41 Å². The molecular formula is C23H30N2O. The molecule has 2 aliphatic rings. The van der Waals surface area contributed by atoms with Crippen LogP contribution in [0.15, 0.2) is 48.5 Å². The van der Waals surface area contributed by atoms with Crippen molar-refractivity contribution in [1.29, 1.82) is 0 Å². The molecule has 26 heavy (non-hydrogen) atoms. The fourth-order valence-corrected chi connectivity index (χ4v) is 4.30. The molecule has 0 atom stereocenters. The van der Waals surface area contributed by atoms with Crippen LogP contribution in [0, 0.1) is 12.3 Å². The monoisotopic (exact) mass is 350 g/mol. The molecule has 1 aliphatic carbocycles. The van der Waals surface area contributed by atoms with Crippen LogP contribution in [0.1, 0.15) is 31.2 Å². The maximum Gasteiger partial charge on any atom is 0.0504 e. The number of benzene rings is 2. The predicted molar refractivity (Wildman–Crippen MR) is 109 cm³/mol. The van der Waals surface area contributed by atoms with Gasteiger partial charge in [-0.2, -0.15) is 0 Å². The highest BCUT2D eigenvalue weighted by molar-refractivity contribution is 5.74. The molecule has 1 aliphatic heterocycles. The quantitative estimate of drug-likeness (QED) is 0.827. The summed E-state index contributed by atoms with van der Waals surface area (Å²) in [4.78, 5) is 2.62. The van der Waals surface area contributed by atoms with E-state index in [2.05, 4.69) is 65.7 Å². The first-order chi connectivity index (χ1) is 12.7. The number of anilines is 1. The molecule has 0 spiro atoms. The highest BCUT2D eigenvalue weighted by atomic mass is 16.3. The Morgan fingerprint density at radius 3 is 2.42 bits per heavy atom. The number of aliphatic hydroxyl groups excluding tert-OH is 1. The Balaban J connectivity index is 1.70. The molecule has 1 saturated heterocycles. The van der Waals surface area contributed by atoms with E-state index in [0.29, 0.717) is 12.6 Å². The van der Waals surface area contributed by atoms with Gasteiger partial charge in [-0.05, 0) is 68.5 Å². The molecule has 2 N–H and O–H groups in total. The van der Waals surface area contributed by atoms with Gasteiger partial charge in [0, 0.05) is 23.7 Å². The summed E-state index contributed by atoms with van der Waals surface area (Å²) in [6.07, 6.45) is 4.66. The number of nitrogens with one attached hydrogen (secondary N) is 1. The number of nitrogens with zero attached hydrogens (tertiary/aromatic N) is 1. The van der Waals surface area contributed by atoms with Crippen molar-refractivity contribution in [1.82, 2.24) is 5.32 Å². The summed E-state index contributed by atoms with van der Waals surface area (Å²) in [5, 5.41) is 13.4. The lowest BCUT2D eigenvalue weighted by Gasteiger charge is -2.39. The van der Waals surface area contributed by atoms with Crippen molar-refractivity contribution in [2.24, 2.45) is 5.41 Å². The minimum atomic E-state index is 0.125. The van der Waals surface area contributed by atoms with E-state index < -0.39 is 0 Å². The van der Waals surface area contributed by atoms with Crippen LogP contribution in [-0.4, -0.2) is 37.4 Å². The molecule has 0 unspecified atom stereocenters. The molecule has 2 aromatic rings. The maximum atomic E-state index is 9.91. The minimum Gasteiger partial charge on any atom is -0.396 e. The van der Waals surface area contributed by atoms with Crippen molar-refractivity contribution in [3.8, 4) is 11.1 Å². The molecule has 138 valence electrons. The molecule has 3 heteroatoms. The Hall–Kier alpha value is -1.84. The van der Waals surface area contributed by atoms with E-state index >= 15 is 0 Å². The van der Waals surface area contributed by atoms with E-state index in [1.807, 2.05) is 0 Å². The van der Waals surface area contributed by atoms with E-state index in [1.54, 1.807) is 0 Å². The van der Waals surface area contributed by atoms with E-state index in [1.165, 1.54) is 35.2 Å². The van der Waals surface area contributed by atoms with Crippen molar-refractivity contribution in [2.75, 3.05) is 31.1 Å².